The average molecular weight is 186 g/mol. The Balaban J connectivity index is 2.19. The molecule has 2 atom stereocenters. The van der Waals surface area contributed by atoms with Crippen molar-refractivity contribution in [3.8, 4) is 0 Å². The highest BCUT2D eigenvalue weighted by Crippen LogP contribution is 2.32. The molecule has 0 aromatic rings. The molecule has 13 heavy (non-hydrogen) atoms. The molecule has 0 aliphatic heterocycles. The largest absolute Gasteiger partial charge is 0.396 e. The number of unbranched alkanes of at least 4 members (excludes halogenated alkanes) is 1. The Bertz CT molecular complexity index is 125. The fraction of sp³-hybridized carbons (Fsp3) is 1.00. The van der Waals surface area contributed by atoms with Crippen molar-refractivity contribution in [2.75, 3.05) is 13.2 Å². The number of hydrogen-bond acceptors (Lipinski definition) is 2. The van der Waals surface area contributed by atoms with E-state index in [1.807, 2.05) is 0 Å². The molecule has 0 amide bonds. The van der Waals surface area contributed by atoms with Crippen LogP contribution in [-0.4, -0.2) is 23.4 Å². The monoisotopic (exact) mass is 186 g/mol. The lowest BCUT2D eigenvalue weighted by Gasteiger charge is -2.30. The number of aliphatic hydroxyl groups is 2. The molecule has 0 radical (unpaired) electrons. The molecule has 1 rings (SSSR count). The van der Waals surface area contributed by atoms with Gasteiger partial charge in [-0.3, -0.25) is 0 Å². The molecular weight excluding hydrogens is 164 g/mol. The molecule has 78 valence electrons. The molecule has 0 bridgehead atoms. The van der Waals surface area contributed by atoms with Crippen LogP contribution in [0, 0.1) is 11.8 Å². The van der Waals surface area contributed by atoms with Gasteiger partial charge >= 0.3 is 0 Å². The van der Waals surface area contributed by atoms with E-state index < -0.39 is 0 Å². The fourth-order valence-electron chi connectivity index (χ4n) is 2.42. The van der Waals surface area contributed by atoms with Crippen LogP contribution in [0.15, 0.2) is 0 Å². The second kappa shape index (κ2) is 6.39. The van der Waals surface area contributed by atoms with E-state index in [0.717, 1.165) is 18.8 Å². The van der Waals surface area contributed by atoms with E-state index in [2.05, 4.69) is 0 Å². The highest BCUT2D eigenvalue weighted by molar-refractivity contribution is 4.74. The predicted octanol–water partition coefficient (Wildman–Crippen LogP) is 1.95. The first kappa shape index (κ1) is 11.0. The van der Waals surface area contributed by atoms with Crippen molar-refractivity contribution in [3.05, 3.63) is 0 Å². The zero-order chi connectivity index (χ0) is 9.52. The molecule has 0 heterocycles. The summed E-state index contributed by atoms with van der Waals surface area (Å²) in [6.45, 7) is 0.681. The van der Waals surface area contributed by atoms with Crippen LogP contribution in [0.1, 0.15) is 44.9 Å². The third-order valence-electron chi connectivity index (χ3n) is 3.28. The molecule has 1 fully saturated rings. The molecule has 0 spiro atoms. The Hall–Kier alpha value is -0.0800. The van der Waals surface area contributed by atoms with Crippen molar-refractivity contribution in [3.63, 3.8) is 0 Å². The van der Waals surface area contributed by atoms with Gasteiger partial charge in [-0.05, 0) is 24.7 Å². The van der Waals surface area contributed by atoms with E-state index in [-0.39, 0.29) is 0 Å². The van der Waals surface area contributed by atoms with Gasteiger partial charge in [0.2, 0.25) is 0 Å². The summed E-state index contributed by atoms with van der Waals surface area (Å²) in [7, 11) is 0. The molecule has 2 unspecified atom stereocenters. The van der Waals surface area contributed by atoms with E-state index in [1.165, 1.54) is 32.1 Å². The Kier molecular flexibility index (Phi) is 5.40. The lowest BCUT2D eigenvalue weighted by molar-refractivity contribution is 0.125. The Labute approximate surface area is 81.0 Å². The highest BCUT2D eigenvalue weighted by Gasteiger charge is 2.23. The molecule has 1 aliphatic rings. The molecule has 2 N–H and O–H groups in total. The van der Waals surface area contributed by atoms with Crippen molar-refractivity contribution >= 4 is 0 Å². The van der Waals surface area contributed by atoms with Crippen LogP contribution < -0.4 is 0 Å². The fourth-order valence-corrected chi connectivity index (χ4v) is 2.42. The minimum absolute atomic E-state index is 0.316. The third kappa shape index (κ3) is 3.65. The summed E-state index contributed by atoms with van der Waals surface area (Å²) in [5, 5.41) is 17.8. The van der Waals surface area contributed by atoms with Gasteiger partial charge in [0.25, 0.3) is 0 Å². The van der Waals surface area contributed by atoms with Gasteiger partial charge in [0, 0.05) is 13.2 Å². The zero-order valence-corrected chi connectivity index (χ0v) is 8.41. The lowest BCUT2D eigenvalue weighted by Crippen LogP contribution is -2.22. The van der Waals surface area contributed by atoms with Crippen LogP contribution in [0.5, 0.6) is 0 Å². The summed E-state index contributed by atoms with van der Waals surface area (Å²) in [4.78, 5) is 0. The van der Waals surface area contributed by atoms with Gasteiger partial charge in [-0.15, -0.1) is 0 Å². The summed E-state index contributed by atoms with van der Waals surface area (Å²) in [5.74, 6) is 1.28. The van der Waals surface area contributed by atoms with Crippen LogP contribution in [0.25, 0.3) is 0 Å². The van der Waals surface area contributed by atoms with E-state index in [4.69, 9.17) is 10.2 Å². The second-order valence-electron chi connectivity index (χ2n) is 4.21. The highest BCUT2D eigenvalue weighted by atomic mass is 16.3. The summed E-state index contributed by atoms with van der Waals surface area (Å²) in [5.41, 5.74) is 0. The van der Waals surface area contributed by atoms with Crippen molar-refractivity contribution < 1.29 is 10.2 Å². The lowest BCUT2D eigenvalue weighted by atomic mass is 9.77. The normalized spacial score (nSPS) is 29.1. The zero-order valence-electron chi connectivity index (χ0n) is 8.41. The number of aliphatic hydroxyl groups excluding tert-OH is 2. The van der Waals surface area contributed by atoms with Crippen molar-refractivity contribution in [2.45, 2.75) is 44.9 Å². The first-order valence-corrected chi connectivity index (χ1v) is 5.60. The second-order valence-corrected chi connectivity index (χ2v) is 4.21. The van der Waals surface area contributed by atoms with E-state index in [0.29, 0.717) is 19.1 Å². The molecule has 1 aliphatic carbocycles. The Morgan fingerprint density at radius 2 is 1.62 bits per heavy atom. The minimum Gasteiger partial charge on any atom is -0.396 e. The smallest absolute Gasteiger partial charge is 0.0461 e. The molecule has 2 nitrogen and oxygen atoms in total. The van der Waals surface area contributed by atoms with E-state index in [9.17, 15) is 0 Å². The van der Waals surface area contributed by atoms with Crippen molar-refractivity contribution in [1.82, 2.24) is 0 Å². The standard InChI is InChI=1S/C11H22O2/c12-8-4-3-6-10-5-1-2-7-11(10)9-13/h10-13H,1-9H2. The van der Waals surface area contributed by atoms with Gasteiger partial charge in [0.15, 0.2) is 0 Å². The predicted molar refractivity (Wildman–Crippen MR) is 53.5 cm³/mol. The van der Waals surface area contributed by atoms with Gasteiger partial charge in [-0.2, -0.15) is 0 Å². The Morgan fingerprint density at radius 1 is 0.923 bits per heavy atom. The maximum Gasteiger partial charge on any atom is 0.0461 e. The van der Waals surface area contributed by atoms with Gasteiger partial charge in [-0.1, -0.05) is 32.1 Å². The minimum atomic E-state index is 0.316. The molecule has 1 saturated carbocycles. The molecule has 0 aromatic carbocycles. The first-order valence-electron chi connectivity index (χ1n) is 5.60. The summed E-state index contributed by atoms with van der Waals surface area (Å²) >= 11 is 0. The van der Waals surface area contributed by atoms with Gasteiger partial charge in [-0.25, -0.2) is 0 Å². The van der Waals surface area contributed by atoms with Crippen LogP contribution in [0.4, 0.5) is 0 Å². The quantitative estimate of drug-likeness (QED) is 0.644. The van der Waals surface area contributed by atoms with Crippen LogP contribution in [0.3, 0.4) is 0 Å². The summed E-state index contributed by atoms with van der Waals surface area (Å²) in [6.07, 6.45) is 8.37. The first-order chi connectivity index (χ1) is 6.38. The third-order valence-corrected chi connectivity index (χ3v) is 3.28. The van der Waals surface area contributed by atoms with Gasteiger partial charge < -0.3 is 10.2 Å². The topological polar surface area (TPSA) is 40.5 Å². The van der Waals surface area contributed by atoms with Crippen molar-refractivity contribution in [1.29, 1.82) is 0 Å². The van der Waals surface area contributed by atoms with Crippen LogP contribution in [-0.2, 0) is 0 Å². The molecular formula is C11H22O2. The maximum atomic E-state index is 9.17. The van der Waals surface area contributed by atoms with Gasteiger partial charge in [0.1, 0.15) is 0 Å². The van der Waals surface area contributed by atoms with Crippen LogP contribution in [0.2, 0.25) is 0 Å². The van der Waals surface area contributed by atoms with Gasteiger partial charge in [0.05, 0.1) is 0 Å². The Morgan fingerprint density at radius 3 is 2.23 bits per heavy atom. The number of hydrogen-bond donors (Lipinski definition) is 2. The van der Waals surface area contributed by atoms with E-state index >= 15 is 0 Å². The summed E-state index contributed by atoms with van der Waals surface area (Å²) < 4.78 is 0. The average Bonchev–Trinajstić information content (AvgIpc) is 2.19. The van der Waals surface area contributed by atoms with E-state index in [1.54, 1.807) is 0 Å². The van der Waals surface area contributed by atoms with Crippen molar-refractivity contribution in [2.24, 2.45) is 11.8 Å². The molecule has 2 heteroatoms. The number of rotatable bonds is 5. The SMILES string of the molecule is OCCCCC1CCCCC1CO. The maximum absolute atomic E-state index is 9.17. The summed E-state index contributed by atoms with van der Waals surface area (Å²) in [6, 6.07) is 0. The molecule has 0 aromatic heterocycles. The molecule has 0 saturated heterocycles. The van der Waals surface area contributed by atoms with Crippen LogP contribution >= 0.6 is 0 Å².